The molecule has 1 aromatic carbocycles. The van der Waals surface area contributed by atoms with Crippen LogP contribution in [0.25, 0.3) is 0 Å². The molecule has 0 radical (unpaired) electrons. The zero-order valence-corrected chi connectivity index (χ0v) is 11.4. The van der Waals surface area contributed by atoms with Crippen LogP contribution >= 0.6 is 0 Å². The van der Waals surface area contributed by atoms with Gasteiger partial charge in [0, 0.05) is 12.8 Å². The van der Waals surface area contributed by atoms with Crippen molar-refractivity contribution >= 4 is 0 Å². The topological polar surface area (TPSA) is 44.5 Å². The fourth-order valence-corrected chi connectivity index (χ4v) is 3.14. The second-order valence-electron chi connectivity index (χ2n) is 5.80. The van der Waals surface area contributed by atoms with E-state index in [-0.39, 0.29) is 5.60 Å². The van der Waals surface area contributed by atoms with Crippen LogP contribution in [0.5, 0.6) is 5.75 Å². The lowest BCUT2D eigenvalue weighted by Crippen LogP contribution is -2.48. The van der Waals surface area contributed by atoms with Crippen LogP contribution in [0.15, 0.2) is 24.3 Å². The van der Waals surface area contributed by atoms with Crippen LogP contribution in [0.1, 0.15) is 37.7 Å². The summed E-state index contributed by atoms with van der Waals surface area (Å²) in [6.07, 6.45) is 6.99. The van der Waals surface area contributed by atoms with Crippen molar-refractivity contribution in [1.82, 2.24) is 0 Å². The summed E-state index contributed by atoms with van der Waals surface area (Å²) in [5.41, 5.74) is 7.00. The number of nitrogens with two attached hydrogens (primary N) is 1. The zero-order valence-electron chi connectivity index (χ0n) is 11.4. The molecule has 1 atom stereocenters. The van der Waals surface area contributed by atoms with E-state index in [9.17, 15) is 0 Å². The van der Waals surface area contributed by atoms with E-state index in [0.717, 1.165) is 31.6 Å². The molecule has 1 aromatic rings. The number of benzene rings is 1. The molecule has 3 heteroatoms. The Kier molecular flexibility index (Phi) is 3.76. The summed E-state index contributed by atoms with van der Waals surface area (Å²) in [5.74, 6) is 0.979. The van der Waals surface area contributed by atoms with Gasteiger partial charge in [-0.3, -0.25) is 0 Å². The van der Waals surface area contributed by atoms with Gasteiger partial charge in [-0.1, -0.05) is 12.1 Å². The lowest BCUT2D eigenvalue weighted by molar-refractivity contribution is -0.153. The first kappa shape index (κ1) is 12.9. The average molecular weight is 261 g/mol. The summed E-state index contributed by atoms with van der Waals surface area (Å²) < 4.78 is 12.1. The predicted molar refractivity (Wildman–Crippen MR) is 75.4 cm³/mol. The van der Waals surface area contributed by atoms with E-state index in [1.165, 1.54) is 24.8 Å². The first-order valence-electron chi connectivity index (χ1n) is 7.39. The third-order valence-corrected chi connectivity index (χ3v) is 4.35. The van der Waals surface area contributed by atoms with Crippen LogP contribution in [0.4, 0.5) is 0 Å². The summed E-state index contributed by atoms with van der Waals surface area (Å²) in [6.45, 7) is 1.52. The molecule has 0 amide bonds. The van der Waals surface area contributed by atoms with Crippen molar-refractivity contribution in [3.8, 4) is 5.75 Å². The Balaban J connectivity index is 1.62. The standard InChI is InChI=1S/C16H23NO2/c17-9-5-13-3-1-4-14(11-13)19-15-6-10-18-16(12-15)7-2-8-16/h1,3-4,11,15H,2,5-10,12,17H2. The smallest absolute Gasteiger partial charge is 0.119 e. The third-order valence-electron chi connectivity index (χ3n) is 4.35. The third kappa shape index (κ3) is 2.93. The molecule has 3 rings (SSSR count). The Morgan fingerprint density at radius 3 is 3.00 bits per heavy atom. The molecule has 1 heterocycles. The molecule has 2 fully saturated rings. The lowest BCUT2D eigenvalue weighted by Gasteiger charge is -2.46. The van der Waals surface area contributed by atoms with Crippen LogP contribution in [0.2, 0.25) is 0 Å². The van der Waals surface area contributed by atoms with Gasteiger partial charge in [0.15, 0.2) is 0 Å². The summed E-state index contributed by atoms with van der Waals surface area (Å²) in [4.78, 5) is 0. The zero-order chi connectivity index (χ0) is 13.1. The molecule has 104 valence electrons. The monoisotopic (exact) mass is 261 g/mol. The average Bonchev–Trinajstić information content (AvgIpc) is 2.38. The Morgan fingerprint density at radius 1 is 1.37 bits per heavy atom. The van der Waals surface area contributed by atoms with Crippen LogP contribution in [-0.4, -0.2) is 24.9 Å². The van der Waals surface area contributed by atoms with Gasteiger partial charge in [0.1, 0.15) is 11.9 Å². The maximum atomic E-state index is 6.15. The van der Waals surface area contributed by atoms with Gasteiger partial charge in [-0.15, -0.1) is 0 Å². The molecule has 0 aromatic heterocycles. The molecule has 1 spiro atoms. The Hall–Kier alpha value is -1.06. The normalized spacial score (nSPS) is 25.0. The highest BCUT2D eigenvalue weighted by Gasteiger charge is 2.43. The molecule has 3 nitrogen and oxygen atoms in total. The van der Waals surface area contributed by atoms with Gasteiger partial charge in [0.25, 0.3) is 0 Å². The first-order chi connectivity index (χ1) is 9.30. The molecule has 1 unspecified atom stereocenters. The predicted octanol–water partition coefficient (Wildman–Crippen LogP) is 2.67. The molecule has 1 aliphatic heterocycles. The lowest BCUT2D eigenvalue weighted by atomic mass is 9.74. The quantitative estimate of drug-likeness (QED) is 0.906. The Morgan fingerprint density at radius 2 is 2.26 bits per heavy atom. The van der Waals surface area contributed by atoms with Crippen molar-refractivity contribution in [2.75, 3.05) is 13.2 Å². The van der Waals surface area contributed by atoms with E-state index in [1.54, 1.807) is 0 Å². The van der Waals surface area contributed by atoms with Gasteiger partial charge < -0.3 is 15.2 Å². The van der Waals surface area contributed by atoms with Gasteiger partial charge in [-0.2, -0.15) is 0 Å². The molecule has 1 saturated carbocycles. The van der Waals surface area contributed by atoms with Crippen LogP contribution in [-0.2, 0) is 11.2 Å². The molecule has 1 saturated heterocycles. The molecule has 0 bridgehead atoms. The Labute approximate surface area is 115 Å². The van der Waals surface area contributed by atoms with Gasteiger partial charge in [-0.25, -0.2) is 0 Å². The minimum atomic E-state index is 0.151. The van der Waals surface area contributed by atoms with Gasteiger partial charge in [0.05, 0.1) is 12.2 Å². The SMILES string of the molecule is NCCc1cccc(OC2CCOC3(CCC3)C2)c1. The van der Waals surface area contributed by atoms with Gasteiger partial charge in [0.2, 0.25) is 0 Å². The van der Waals surface area contributed by atoms with E-state index in [0.29, 0.717) is 12.6 Å². The van der Waals surface area contributed by atoms with Crippen molar-refractivity contribution in [1.29, 1.82) is 0 Å². The number of rotatable bonds is 4. The summed E-state index contributed by atoms with van der Waals surface area (Å²) in [7, 11) is 0. The molecular formula is C16H23NO2. The fraction of sp³-hybridized carbons (Fsp3) is 0.625. The highest BCUT2D eigenvalue weighted by atomic mass is 16.5. The highest BCUT2D eigenvalue weighted by Crippen LogP contribution is 2.43. The Bertz CT molecular complexity index is 429. The minimum absolute atomic E-state index is 0.151. The van der Waals surface area contributed by atoms with Crippen LogP contribution < -0.4 is 10.5 Å². The van der Waals surface area contributed by atoms with Crippen molar-refractivity contribution in [3.63, 3.8) is 0 Å². The molecule has 2 aliphatic rings. The van der Waals surface area contributed by atoms with E-state index in [1.807, 2.05) is 6.07 Å². The van der Waals surface area contributed by atoms with E-state index >= 15 is 0 Å². The molecular weight excluding hydrogens is 238 g/mol. The van der Waals surface area contributed by atoms with Crippen molar-refractivity contribution in [3.05, 3.63) is 29.8 Å². The molecule has 19 heavy (non-hydrogen) atoms. The maximum absolute atomic E-state index is 6.15. The summed E-state index contributed by atoms with van der Waals surface area (Å²) in [6, 6.07) is 8.33. The second kappa shape index (κ2) is 5.51. The fourth-order valence-electron chi connectivity index (χ4n) is 3.14. The molecule has 1 aliphatic carbocycles. The second-order valence-corrected chi connectivity index (χ2v) is 5.80. The van der Waals surface area contributed by atoms with Crippen molar-refractivity contribution in [2.24, 2.45) is 5.73 Å². The molecule has 2 N–H and O–H groups in total. The number of hydrogen-bond acceptors (Lipinski definition) is 3. The van der Waals surface area contributed by atoms with Crippen LogP contribution in [0, 0.1) is 0 Å². The summed E-state index contributed by atoms with van der Waals surface area (Å²) in [5, 5.41) is 0. The summed E-state index contributed by atoms with van der Waals surface area (Å²) >= 11 is 0. The van der Waals surface area contributed by atoms with Crippen LogP contribution in [0.3, 0.4) is 0 Å². The van der Waals surface area contributed by atoms with E-state index < -0.39 is 0 Å². The van der Waals surface area contributed by atoms with E-state index in [2.05, 4.69) is 18.2 Å². The van der Waals surface area contributed by atoms with Crippen molar-refractivity contribution < 1.29 is 9.47 Å². The minimum Gasteiger partial charge on any atom is -0.490 e. The van der Waals surface area contributed by atoms with Crippen molar-refractivity contribution in [2.45, 2.75) is 50.2 Å². The van der Waals surface area contributed by atoms with Gasteiger partial charge >= 0.3 is 0 Å². The highest BCUT2D eigenvalue weighted by molar-refractivity contribution is 5.29. The largest absolute Gasteiger partial charge is 0.490 e. The number of ether oxygens (including phenoxy) is 2. The number of hydrogen-bond donors (Lipinski definition) is 1. The van der Waals surface area contributed by atoms with E-state index in [4.69, 9.17) is 15.2 Å². The van der Waals surface area contributed by atoms with Gasteiger partial charge in [-0.05, 0) is 49.9 Å². The maximum Gasteiger partial charge on any atom is 0.119 e. The first-order valence-corrected chi connectivity index (χ1v) is 7.39.